The van der Waals surface area contributed by atoms with E-state index in [1.165, 1.54) is 0 Å². The van der Waals surface area contributed by atoms with Crippen LogP contribution < -0.4 is 5.32 Å². The van der Waals surface area contributed by atoms with Crippen LogP contribution in [-0.4, -0.2) is 37.3 Å². The van der Waals surface area contributed by atoms with Gasteiger partial charge in [-0.25, -0.2) is 14.4 Å². The van der Waals surface area contributed by atoms with Crippen molar-refractivity contribution in [3.8, 4) is 0 Å². The summed E-state index contributed by atoms with van der Waals surface area (Å²) >= 11 is 0. The van der Waals surface area contributed by atoms with E-state index in [2.05, 4.69) is 10.1 Å². The molecule has 1 aliphatic heterocycles. The Morgan fingerprint density at radius 1 is 1.18 bits per heavy atom. The number of esters is 2. The van der Waals surface area contributed by atoms with Gasteiger partial charge in [0, 0.05) is 12.2 Å². The molecule has 0 aliphatic carbocycles. The second-order valence-corrected chi connectivity index (χ2v) is 4.50. The van der Waals surface area contributed by atoms with Crippen molar-refractivity contribution in [2.45, 2.75) is 12.6 Å². The predicted octanol–water partition coefficient (Wildman–Crippen LogP) is 0.938. The molecule has 7 nitrogen and oxygen atoms in total. The maximum atomic E-state index is 11.4. The van der Waals surface area contributed by atoms with Gasteiger partial charge in [0.05, 0.1) is 0 Å². The molecule has 22 heavy (non-hydrogen) atoms. The first-order valence-corrected chi connectivity index (χ1v) is 6.62. The standard InChI is InChI=1S/C15H15NO6/c17-13(20-8-11-4-2-1-3-5-11)6-7-14(18)21-9-12-10-22-15(19)16-12/h1-7,12H,8-10H2,(H,16,19)/b7-6+. The molecule has 1 heterocycles. The Labute approximate surface area is 126 Å². The Morgan fingerprint density at radius 2 is 1.86 bits per heavy atom. The number of cyclic esters (lactones) is 1. The summed E-state index contributed by atoms with van der Waals surface area (Å²) in [5, 5.41) is 2.46. The van der Waals surface area contributed by atoms with Gasteiger partial charge in [-0.15, -0.1) is 0 Å². The third-order valence-electron chi connectivity index (χ3n) is 2.74. The summed E-state index contributed by atoms with van der Waals surface area (Å²) in [4.78, 5) is 33.6. The monoisotopic (exact) mass is 305 g/mol. The topological polar surface area (TPSA) is 90.9 Å². The van der Waals surface area contributed by atoms with E-state index in [1.54, 1.807) is 0 Å². The van der Waals surface area contributed by atoms with Gasteiger partial charge in [-0.2, -0.15) is 0 Å². The molecule has 0 aromatic heterocycles. The van der Waals surface area contributed by atoms with Gasteiger partial charge in [-0.3, -0.25) is 0 Å². The van der Waals surface area contributed by atoms with Crippen LogP contribution in [0.3, 0.4) is 0 Å². The van der Waals surface area contributed by atoms with Crippen LogP contribution in [0, 0.1) is 0 Å². The number of hydrogen-bond acceptors (Lipinski definition) is 6. The van der Waals surface area contributed by atoms with Crippen LogP contribution >= 0.6 is 0 Å². The number of benzene rings is 1. The molecule has 1 amide bonds. The Bertz CT molecular complexity index is 569. The molecule has 7 heteroatoms. The maximum Gasteiger partial charge on any atom is 0.407 e. The Morgan fingerprint density at radius 3 is 2.50 bits per heavy atom. The average Bonchev–Trinajstić information content (AvgIpc) is 2.95. The first-order valence-electron chi connectivity index (χ1n) is 6.62. The molecule has 1 unspecified atom stereocenters. The van der Waals surface area contributed by atoms with Crippen molar-refractivity contribution in [2.24, 2.45) is 0 Å². The average molecular weight is 305 g/mol. The quantitative estimate of drug-likeness (QED) is 0.478. The zero-order valence-corrected chi connectivity index (χ0v) is 11.7. The Kier molecular flexibility index (Phi) is 5.53. The second-order valence-electron chi connectivity index (χ2n) is 4.50. The van der Waals surface area contributed by atoms with Gasteiger partial charge in [0.15, 0.2) is 0 Å². The van der Waals surface area contributed by atoms with E-state index in [0.29, 0.717) is 0 Å². The SMILES string of the molecule is O=C(/C=C/C(=O)OCC1COC(=O)N1)OCc1ccccc1. The number of hydrogen-bond donors (Lipinski definition) is 1. The summed E-state index contributed by atoms with van der Waals surface area (Å²) in [6.07, 6.45) is 1.43. The molecule has 1 aliphatic rings. The van der Waals surface area contributed by atoms with E-state index < -0.39 is 18.0 Å². The first kappa shape index (κ1) is 15.6. The number of carbonyl (C=O) groups is 3. The normalized spacial score (nSPS) is 16.9. The fourth-order valence-corrected chi connectivity index (χ4v) is 1.66. The first-order chi connectivity index (χ1) is 10.6. The molecule has 0 bridgehead atoms. The molecule has 0 radical (unpaired) electrons. The van der Waals surface area contributed by atoms with Gasteiger partial charge in [0.1, 0.15) is 25.9 Å². The van der Waals surface area contributed by atoms with Crippen molar-refractivity contribution in [3.05, 3.63) is 48.0 Å². The fraction of sp³-hybridized carbons (Fsp3) is 0.267. The molecule has 0 saturated carbocycles. The van der Waals surface area contributed by atoms with E-state index in [0.717, 1.165) is 17.7 Å². The summed E-state index contributed by atoms with van der Waals surface area (Å²) in [6.45, 7) is 0.257. The van der Waals surface area contributed by atoms with Crippen LogP contribution in [0.4, 0.5) is 4.79 Å². The summed E-state index contributed by atoms with van der Waals surface area (Å²) in [5.41, 5.74) is 0.851. The number of carbonyl (C=O) groups excluding carboxylic acids is 3. The van der Waals surface area contributed by atoms with E-state index in [9.17, 15) is 14.4 Å². The minimum absolute atomic E-state index is 0.0199. The minimum atomic E-state index is -0.696. The van der Waals surface area contributed by atoms with Gasteiger partial charge in [-0.05, 0) is 5.56 Å². The van der Waals surface area contributed by atoms with Crippen LogP contribution in [0.2, 0.25) is 0 Å². The second kappa shape index (κ2) is 7.82. The Hall–Kier alpha value is -2.83. The summed E-state index contributed by atoms with van der Waals surface area (Å²) in [6, 6.07) is 8.81. The van der Waals surface area contributed by atoms with Gasteiger partial charge in [0.2, 0.25) is 0 Å². The lowest BCUT2D eigenvalue weighted by Gasteiger charge is -2.06. The van der Waals surface area contributed by atoms with Crippen LogP contribution in [0.25, 0.3) is 0 Å². The fourth-order valence-electron chi connectivity index (χ4n) is 1.66. The van der Waals surface area contributed by atoms with Crippen molar-refractivity contribution in [2.75, 3.05) is 13.2 Å². The predicted molar refractivity (Wildman–Crippen MR) is 74.6 cm³/mol. The zero-order chi connectivity index (χ0) is 15.8. The molecule has 1 N–H and O–H groups in total. The third-order valence-corrected chi connectivity index (χ3v) is 2.74. The van der Waals surface area contributed by atoms with Gasteiger partial charge >= 0.3 is 18.0 Å². The number of amides is 1. The van der Waals surface area contributed by atoms with Crippen LogP contribution in [0.1, 0.15) is 5.56 Å². The smallest absolute Gasteiger partial charge is 0.407 e. The highest BCUT2D eigenvalue weighted by Crippen LogP contribution is 2.01. The van der Waals surface area contributed by atoms with Crippen LogP contribution in [-0.2, 0) is 30.4 Å². The van der Waals surface area contributed by atoms with Crippen molar-refractivity contribution in [1.82, 2.24) is 5.32 Å². The molecule has 1 aromatic rings. The summed E-state index contributed by atoms with van der Waals surface area (Å²) in [7, 11) is 0. The van der Waals surface area contributed by atoms with Crippen molar-refractivity contribution in [3.63, 3.8) is 0 Å². The molecule has 116 valence electrons. The Balaban J connectivity index is 1.66. The molecular formula is C15H15NO6. The lowest BCUT2D eigenvalue weighted by atomic mass is 10.2. The van der Waals surface area contributed by atoms with Gasteiger partial charge in [-0.1, -0.05) is 30.3 Å². The molecule has 1 saturated heterocycles. The van der Waals surface area contributed by atoms with Crippen LogP contribution in [0.15, 0.2) is 42.5 Å². The van der Waals surface area contributed by atoms with Gasteiger partial charge in [0.25, 0.3) is 0 Å². The summed E-state index contributed by atoms with van der Waals surface area (Å²) in [5.74, 6) is -1.34. The molecule has 0 spiro atoms. The van der Waals surface area contributed by atoms with E-state index in [1.807, 2.05) is 30.3 Å². The summed E-state index contributed by atoms with van der Waals surface area (Å²) < 4.78 is 14.5. The molecule has 1 aromatic carbocycles. The third kappa shape index (κ3) is 5.28. The molecule has 2 rings (SSSR count). The number of rotatable bonds is 6. The zero-order valence-electron chi connectivity index (χ0n) is 11.7. The minimum Gasteiger partial charge on any atom is -0.460 e. The highest BCUT2D eigenvalue weighted by molar-refractivity contribution is 5.91. The van der Waals surface area contributed by atoms with Gasteiger partial charge < -0.3 is 19.5 Å². The maximum absolute atomic E-state index is 11.4. The van der Waals surface area contributed by atoms with E-state index >= 15 is 0 Å². The molecular weight excluding hydrogens is 290 g/mol. The largest absolute Gasteiger partial charge is 0.460 e. The highest BCUT2D eigenvalue weighted by atomic mass is 16.6. The number of nitrogens with one attached hydrogen (secondary N) is 1. The molecule has 1 fully saturated rings. The van der Waals surface area contributed by atoms with E-state index in [-0.39, 0.29) is 25.9 Å². The van der Waals surface area contributed by atoms with Crippen molar-refractivity contribution in [1.29, 1.82) is 0 Å². The number of ether oxygens (including phenoxy) is 3. The van der Waals surface area contributed by atoms with Crippen molar-refractivity contribution >= 4 is 18.0 Å². The lowest BCUT2D eigenvalue weighted by Crippen LogP contribution is -2.31. The van der Waals surface area contributed by atoms with E-state index in [4.69, 9.17) is 9.47 Å². The lowest BCUT2D eigenvalue weighted by molar-refractivity contribution is -0.141. The highest BCUT2D eigenvalue weighted by Gasteiger charge is 2.22. The van der Waals surface area contributed by atoms with Crippen LogP contribution in [0.5, 0.6) is 0 Å². The van der Waals surface area contributed by atoms with Crippen molar-refractivity contribution < 1.29 is 28.6 Å². The molecule has 1 atom stereocenters. The number of alkyl carbamates (subject to hydrolysis) is 1.